The Kier molecular flexibility index (Phi) is 6.21. The smallest absolute Gasteiger partial charge is 0.250 e. The molecule has 2 rings (SSSR count). The van der Waals surface area contributed by atoms with Crippen molar-refractivity contribution in [1.82, 2.24) is 10.6 Å². The number of amides is 1. The Balaban J connectivity index is 1.81. The summed E-state index contributed by atoms with van der Waals surface area (Å²) in [6.07, 6.45) is 9.09. The monoisotopic (exact) mass is 322 g/mol. The quantitative estimate of drug-likeness (QED) is 0.659. The van der Waals surface area contributed by atoms with E-state index in [2.05, 4.69) is 10.6 Å². The summed E-state index contributed by atoms with van der Waals surface area (Å²) < 4.78 is 0. The molecule has 0 unspecified atom stereocenters. The van der Waals surface area contributed by atoms with E-state index < -0.39 is 0 Å². The van der Waals surface area contributed by atoms with Crippen molar-refractivity contribution in [2.45, 2.75) is 38.1 Å². The van der Waals surface area contributed by atoms with Crippen molar-refractivity contribution in [3.8, 4) is 0 Å². The van der Waals surface area contributed by atoms with Gasteiger partial charge < -0.3 is 5.32 Å². The van der Waals surface area contributed by atoms with Gasteiger partial charge in [-0.3, -0.25) is 10.1 Å². The highest BCUT2D eigenvalue weighted by molar-refractivity contribution is 7.80. The number of carbonyl (C=O) groups excluding carboxylic acids is 1. The van der Waals surface area contributed by atoms with Gasteiger partial charge in [-0.05, 0) is 42.8 Å². The summed E-state index contributed by atoms with van der Waals surface area (Å²) in [5, 5.41) is 6.88. The number of thiocarbonyl (C=S) groups is 1. The average molecular weight is 323 g/mol. The molecule has 1 aromatic rings. The maximum Gasteiger partial charge on any atom is 0.250 e. The zero-order chi connectivity index (χ0) is 15.1. The van der Waals surface area contributed by atoms with Gasteiger partial charge in [-0.15, -0.1) is 0 Å². The minimum absolute atomic E-state index is 0.247. The largest absolute Gasteiger partial charge is 0.360 e. The number of carbonyl (C=O) groups is 1. The molecule has 0 heterocycles. The van der Waals surface area contributed by atoms with Gasteiger partial charge in [0.1, 0.15) is 0 Å². The average Bonchev–Trinajstić information content (AvgIpc) is 2.47. The normalized spacial score (nSPS) is 15.9. The molecule has 0 bridgehead atoms. The zero-order valence-electron chi connectivity index (χ0n) is 11.8. The minimum atomic E-state index is -0.247. The maximum absolute atomic E-state index is 11.8. The fourth-order valence-electron chi connectivity index (χ4n) is 2.40. The minimum Gasteiger partial charge on any atom is -0.360 e. The van der Waals surface area contributed by atoms with Crippen LogP contribution in [0.5, 0.6) is 0 Å². The van der Waals surface area contributed by atoms with Crippen molar-refractivity contribution in [3.05, 3.63) is 40.9 Å². The van der Waals surface area contributed by atoms with E-state index in [0.29, 0.717) is 16.2 Å². The van der Waals surface area contributed by atoms with Crippen molar-refractivity contribution >= 4 is 40.9 Å². The van der Waals surface area contributed by atoms with E-state index >= 15 is 0 Å². The van der Waals surface area contributed by atoms with Crippen molar-refractivity contribution in [3.63, 3.8) is 0 Å². The second-order valence-corrected chi connectivity index (χ2v) is 5.97. The van der Waals surface area contributed by atoms with Crippen LogP contribution in [0.25, 0.3) is 6.08 Å². The molecule has 1 aliphatic carbocycles. The third-order valence-corrected chi connectivity index (χ3v) is 4.06. The fraction of sp³-hybridized carbons (Fsp3) is 0.375. The number of halogens is 1. The Bertz CT molecular complexity index is 539. The lowest BCUT2D eigenvalue weighted by Crippen LogP contribution is -2.44. The van der Waals surface area contributed by atoms with Crippen molar-refractivity contribution in [2.24, 2.45) is 0 Å². The van der Waals surface area contributed by atoms with Gasteiger partial charge >= 0.3 is 0 Å². The van der Waals surface area contributed by atoms with Gasteiger partial charge in [-0.25, -0.2) is 0 Å². The highest BCUT2D eigenvalue weighted by Crippen LogP contribution is 2.17. The van der Waals surface area contributed by atoms with Crippen LogP contribution in [0.15, 0.2) is 30.3 Å². The summed E-state index contributed by atoms with van der Waals surface area (Å²) in [4.78, 5) is 11.8. The van der Waals surface area contributed by atoms with Gasteiger partial charge in [0.2, 0.25) is 5.91 Å². The van der Waals surface area contributed by atoms with Gasteiger partial charge in [0.25, 0.3) is 0 Å². The van der Waals surface area contributed by atoms with E-state index in [-0.39, 0.29) is 5.91 Å². The molecular weight excluding hydrogens is 304 g/mol. The molecule has 21 heavy (non-hydrogen) atoms. The molecule has 1 fully saturated rings. The Labute approximate surface area is 135 Å². The lowest BCUT2D eigenvalue weighted by Gasteiger charge is -2.23. The van der Waals surface area contributed by atoms with Crippen LogP contribution in [-0.2, 0) is 4.79 Å². The van der Waals surface area contributed by atoms with Crippen LogP contribution in [0.2, 0.25) is 5.02 Å². The Morgan fingerprint density at radius 1 is 1.24 bits per heavy atom. The molecular formula is C16H19ClN2OS. The van der Waals surface area contributed by atoms with Crippen LogP contribution in [0, 0.1) is 0 Å². The van der Waals surface area contributed by atoms with E-state index in [9.17, 15) is 4.79 Å². The van der Waals surface area contributed by atoms with Crippen LogP contribution < -0.4 is 10.6 Å². The van der Waals surface area contributed by atoms with Gasteiger partial charge in [-0.1, -0.05) is 49.1 Å². The fourth-order valence-corrected chi connectivity index (χ4v) is 2.86. The molecule has 3 nitrogen and oxygen atoms in total. The first kappa shape index (κ1) is 16.0. The van der Waals surface area contributed by atoms with Crippen LogP contribution in [0.3, 0.4) is 0 Å². The van der Waals surface area contributed by atoms with Crippen molar-refractivity contribution in [1.29, 1.82) is 0 Å². The second-order valence-electron chi connectivity index (χ2n) is 5.15. The molecule has 1 aliphatic rings. The zero-order valence-corrected chi connectivity index (χ0v) is 13.3. The molecule has 0 spiro atoms. The van der Waals surface area contributed by atoms with Crippen molar-refractivity contribution < 1.29 is 4.79 Å². The summed E-state index contributed by atoms with van der Waals surface area (Å²) in [7, 11) is 0. The van der Waals surface area contributed by atoms with Crippen LogP contribution >= 0.6 is 23.8 Å². The topological polar surface area (TPSA) is 41.1 Å². The lowest BCUT2D eigenvalue weighted by molar-refractivity contribution is -0.115. The first-order valence-corrected chi connectivity index (χ1v) is 7.98. The number of hydrogen-bond acceptors (Lipinski definition) is 2. The van der Waals surface area contributed by atoms with E-state index in [1.54, 1.807) is 12.1 Å². The summed E-state index contributed by atoms with van der Waals surface area (Å²) in [5.74, 6) is -0.247. The molecule has 1 amide bonds. The van der Waals surface area contributed by atoms with Crippen molar-refractivity contribution in [2.75, 3.05) is 0 Å². The Morgan fingerprint density at radius 3 is 2.67 bits per heavy atom. The molecule has 5 heteroatoms. The lowest BCUT2D eigenvalue weighted by atomic mass is 9.96. The van der Waals surface area contributed by atoms with Gasteiger partial charge in [0.05, 0.1) is 0 Å². The molecule has 1 saturated carbocycles. The molecule has 0 aliphatic heterocycles. The predicted molar refractivity (Wildman–Crippen MR) is 91.2 cm³/mol. The molecule has 0 saturated heterocycles. The number of rotatable bonds is 3. The molecule has 2 N–H and O–H groups in total. The van der Waals surface area contributed by atoms with Gasteiger partial charge in [0, 0.05) is 17.1 Å². The molecule has 112 valence electrons. The summed E-state index contributed by atoms with van der Waals surface area (Å²) >= 11 is 11.2. The second kappa shape index (κ2) is 8.15. The Morgan fingerprint density at radius 2 is 1.95 bits per heavy atom. The number of hydrogen-bond donors (Lipinski definition) is 2. The van der Waals surface area contributed by atoms with Crippen LogP contribution in [-0.4, -0.2) is 17.1 Å². The molecule has 0 atom stereocenters. The summed E-state index contributed by atoms with van der Waals surface area (Å²) in [6, 6.07) is 7.75. The first-order chi connectivity index (χ1) is 10.1. The predicted octanol–water partition coefficient (Wildman–Crippen LogP) is 3.68. The third kappa shape index (κ3) is 5.48. The molecule has 1 aromatic carbocycles. The van der Waals surface area contributed by atoms with E-state index in [4.69, 9.17) is 23.8 Å². The van der Waals surface area contributed by atoms with Crippen LogP contribution in [0.1, 0.15) is 37.7 Å². The Hall–Kier alpha value is -1.39. The van der Waals surface area contributed by atoms with E-state index in [1.807, 2.05) is 18.2 Å². The van der Waals surface area contributed by atoms with E-state index in [1.165, 1.54) is 25.3 Å². The standard InChI is InChI=1S/C16H19ClN2OS/c17-14-9-5-4-6-12(14)10-11-15(20)19-16(21)18-13-7-2-1-3-8-13/h4-6,9-11,13H,1-3,7-8H2,(H2,18,19,20,21). The molecule has 0 radical (unpaired) electrons. The first-order valence-electron chi connectivity index (χ1n) is 7.19. The summed E-state index contributed by atoms with van der Waals surface area (Å²) in [5.41, 5.74) is 0.806. The summed E-state index contributed by atoms with van der Waals surface area (Å²) in [6.45, 7) is 0. The van der Waals surface area contributed by atoms with Gasteiger partial charge in [0.15, 0.2) is 5.11 Å². The number of nitrogens with one attached hydrogen (secondary N) is 2. The van der Waals surface area contributed by atoms with Crippen LogP contribution in [0.4, 0.5) is 0 Å². The maximum atomic E-state index is 11.8. The molecule has 0 aromatic heterocycles. The highest BCUT2D eigenvalue weighted by atomic mass is 35.5. The number of benzene rings is 1. The SMILES string of the molecule is O=C(C=Cc1ccccc1Cl)NC(=S)NC1CCCCC1. The third-order valence-electron chi connectivity index (χ3n) is 3.50. The highest BCUT2D eigenvalue weighted by Gasteiger charge is 2.14. The van der Waals surface area contributed by atoms with E-state index in [0.717, 1.165) is 18.4 Å². The van der Waals surface area contributed by atoms with Gasteiger partial charge in [-0.2, -0.15) is 0 Å².